The Labute approximate surface area is 117 Å². The lowest BCUT2D eigenvalue weighted by molar-refractivity contribution is -0.141. The van der Waals surface area contributed by atoms with Gasteiger partial charge in [0.15, 0.2) is 0 Å². The van der Waals surface area contributed by atoms with Crippen LogP contribution < -0.4 is 0 Å². The predicted molar refractivity (Wildman–Crippen MR) is 77.5 cm³/mol. The van der Waals surface area contributed by atoms with Crippen LogP contribution >= 0.6 is 0 Å². The van der Waals surface area contributed by atoms with Crippen LogP contribution in [-0.2, 0) is 11.8 Å². The van der Waals surface area contributed by atoms with Crippen LogP contribution in [0.15, 0.2) is 30.5 Å². The molecule has 0 radical (unpaired) electrons. The molecule has 2 N–H and O–H groups in total. The third-order valence-corrected chi connectivity index (χ3v) is 4.10. The quantitative estimate of drug-likeness (QED) is 0.882. The topological polar surface area (TPSA) is 62.5 Å². The number of fused-ring (bicyclic) bond motifs is 1. The molecule has 104 valence electrons. The molecule has 1 aliphatic carbocycles. The Morgan fingerprint density at radius 1 is 1.40 bits per heavy atom. The Hall–Kier alpha value is -2.23. The summed E-state index contributed by atoms with van der Waals surface area (Å²) in [4.78, 5) is 11.0. The van der Waals surface area contributed by atoms with Crippen molar-refractivity contribution in [3.63, 3.8) is 0 Å². The number of phenols is 1. The van der Waals surface area contributed by atoms with E-state index in [2.05, 4.69) is 0 Å². The van der Waals surface area contributed by atoms with E-state index in [1.807, 2.05) is 36.0 Å². The fourth-order valence-corrected chi connectivity index (χ4v) is 2.97. The minimum absolute atomic E-state index is 0.276. The highest BCUT2D eigenvalue weighted by atomic mass is 16.4. The van der Waals surface area contributed by atoms with E-state index in [0.717, 1.165) is 28.5 Å². The molecule has 0 bridgehead atoms. The van der Waals surface area contributed by atoms with Crippen LogP contribution in [0.3, 0.4) is 0 Å². The van der Waals surface area contributed by atoms with Crippen LogP contribution in [0.25, 0.3) is 16.5 Å². The number of nitrogens with zero attached hydrogens (tertiary/aromatic N) is 1. The van der Waals surface area contributed by atoms with Gasteiger partial charge in [-0.1, -0.05) is 12.1 Å². The van der Waals surface area contributed by atoms with Crippen molar-refractivity contribution in [3.05, 3.63) is 36.0 Å². The monoisotopic (exact) mass is 271 g/mol. The first-order valence-electron chi connectivity index (χ1n) is 6.77. The normalized spacial score (nSPS) is 19.1. The summed E-state index contributed by atoms with van der Waals surface area (Å²) >= 11 is 0. The second kappa shape index (κ2) is 4.71. The lowest BCUT2D eigenvalue weighted by atomic mass is 9.86. The number of hydrogen-bond acceptors (Lipinski definition) is 2. The second-order valence-electron chi connectivity index (χ2n) is 5.36. The van der Waals surface area contributed by atoms with Crippen molar-refractivity contribution in [1.29, 1.82) is 0 Å². The van der Waals surface area contributed by atoms with Gasteiger partial charge in [0.2, 0.25) is 0 Å². The van der Waals surface area contributed by atoms with Gasteiger partial charge >= 0.3 is 5.97 Å². The van der Waals surface area contributed by atoms with Gasteiger partial charge in [0.05, 0.1) is 11.4 Å². The number of aliphatic carboxylic acids is 1. The zero-order valence-corrected chi connectivity index (χ0v) is 11.3. The number of aryl methyl sites for hydroxylation is 1. The van der Waals surface area contributed by atoms with Crippen LogP contribution in [0, 0.1) is 5.92 Å². The molecule has 0 saturated carbocycles. The fourth-order valence-electron chi connectivity index (χ4n) is 2.97. The van der Waals surface area contributed by atoms with Crippen LogP contribution in [0.4, 0.5) is 0 Å². The molecule has 2 aromatic rings. The van der Waals surface area contributed by atoms with E-state index in [-0.39, 0.29) is 11.7 Å². The maximum atomic E-state index is 11.0. The van der Waals surface area contributed by atoms with Gasteiger partial charge in [0.1, 0.15) is 5.75 Å². The van der Waals surface area contributed by atoms with Gasteiger partial charge in [-0.25, -0.2) is 0 Å². The molecule has 4 nitrogen and oxygen atoms in total. The number of carbonyl (C=O) groups is 1. The van der Waals surface area contributed by atoms with Crippen LogP contribution in [0.1, 0.15) is 24.8 Å². The van der Waals surface area contributed by atoms with Crippen molar-refractivity contribution in [2.45, 2.75) is 19.3 Å². The van der Waals surface area contributed by atoms with Crippen molar-refractivity contribution in [1.82, 2.24) is 4.57 Å². The summed E-state index contributed by atoms with van der Waals surface area (Å²) in [5, 5.41) is 20.0. The van der Waals surface area contributed by atoms with Gasteiger partial charge in [-0.15, -0.1) is 0 Å². The minimum Gasteiger partial charge on any atom is -0.507 e. The summed E-state index contributed by atoms with van der Waals surface area (Å²) in [6.45, 7) is 0. The highest BCUT2D eigenvalue weighted by Gasteiger charge is 2.23. The zero-order chi connectivity index (χ0) is 14.3. The molecule has 1 aliphatic rings. The van der Waals surface area contributed by atoms with Gasteiger partial charge in [-0.2, -0.15) is 0 Å². The van der Waals surface area contributed by atoms with Crippen molar-refractivity contribution in [2.24, 2.45) is 13.0 Å². The van der Waals surface area contributed by atoms with Crippen molar-refractivity contribution in [3.8, 4) is 5.75 Å². The summed E-state index contributed by atoms with van der Waals surface area (Å²) in [6, 6.07) is 5.49. The van der Waals surface area contributed by atoms with Gasteiger partial charge in [-0.05, 0) is 37.0 Å². The largest absolute Gasteiger partial charge is 0.507 e. The average molecular weight is 271 g/mol. The van der Waals surface area contributed by atoms with Crippen molar-refractivity contribution < 1.29 is 15.0 Å². The van der Waals surface area contributed by atoms with Crippen LogP contribution in [0.2, 0.25) is 0 Å². The molecule has 0 fully saturated rings. The number of aromatic nitrogens is 1. The Bertz CT molecular complexity index is 712. The lowest BCUT2D eigenvalue weighted by Gasteiger charge is -2.18. The highest BCUT2D eigenvalue weighted by Crippen LogP contribution is 2.38. The molecule has 0 saturated heterocycles. The smallest absolute Gasteiger partial charge is 0.306 e. The van der Waals surface area contributed by atoms with Crippen LogP contribution in [0.5, 0.6) is 5.75 Å². The summed E-state index contributed by atoms with van der Waals surface area (Å²) in [6.07, 6.45) is 5.98. The molecule has 0 spiro atoms. The summed E-state index contributed by atoms with van der Waals surface area (Å²) in [5.41, 5.74) is 3.14. The SMILES string of the molecule is Cn1cc(C2=CCC(C(=O)O)CC2)c2c(O)cccc21. The number of benzene rings is 1. The third-order valence-electron chi connectivity index (χ3n) is 4.10. The first-order valence-corrected chi connectivity index (χ1v) is 6.77. The average Bonchev–Trinajstić information content (AvgIpc) is 2.78. The predicted octanol–water partition coefficient (Wildman–Crippen LogP) is 3.15. The maximum absolute atomic E-state index is 11.0. The molecule has 1 unspecified atom stereocenters. The highest BCUT2D eigenvalue weighted by molar-refractivity contribution is 5.97. The summed E-state index contributed by atoms with van der Waals surface area (Å²) in [7, 11) is 1.95. The van der Waals surface area contributed by atoms with Crippen molar-refractivity contribution >= 4 is 22.4 Å². The van der Waals surface area contributed by atoms with E-state index >= 15 is 0 Å². The third kappa shape index (κ3) is 1.97. The zero-order valence-electron chi connectivity index (χ0n) is 11.3. The lowest BCUT2D eigenvalue weighted by Crippen LogP contribution is -2.15. The Morgan fingerprint density at radius 3 is 2.85 bits per heavy atom. The Balaban J connectivity index is 2.06. The molecule has 3 rings (SSSR count). The molecule has 4 heteroatoms. The Kier molecular flexibility index (Phi) is 3.01. The van der Waals surface area contributed by atoms with Crippen LogP contribution in [-0.4, -0.2) is 20.7 Å². The number of allylic oxidation sites excluding steroid dienone is 2. The van der Waals surface area contributed by atoms with E-state index in [4.69, 9.17) is 5.11 Å². The van der Waals surface area contributed by atoms with E-state index in [1.165, 1.54) is 0 Å². The van der Waals surface area contributed by atoms with Gasteiger partial charge in [-0.3, -0.25) is 4.79 Å². The van der Waals surface area contributed by atoms with E-state index in [1.54, 1.807) is 6.07 Å². The molecule has 1 aromatic carbocycles. The second-order valence-corrected chi connectivity index (χ2v) is 5.36. The molecular formula is C16H17NO3. The minimum atomic E-state index is -0.721. The molecule has 20 heavy (non-hydrogen) atoms. The van der Waals surface area contributed by atoms with Crippen molar-refractivity contribution in [2.75, 3.05) is 0 Å². The number of phenolic OH excluding ortho intramolecular Hbond substituents is 1. The maximum Gasteiger partial charge on any atom is 0.306 e. The molecule has 0 amide bonds. The molecule has 1 aromatic heterocycles. The number of rotatable bonds is 2. The number of carboxylic acids is 1. The van der Waals surface area contributed by atoms with E-state index < -0.39 is 5.97 Å². The number of aromatic hydroxyl groups is 1. The number of carboxylic acid groups (broad SMARTS) is 1. The molecule has 0 aliphatic heterocycles. The van der Waals surface area contributed by atoms with E-state index in [9.17, 15) is 9.90 Å². The summed E-state index contributed by atoms with van der Waals surface area (Å²) in [5.74, 6) is -0.720. The number of hydrogen-bond donors (Lipinski definition) is 2. The summed E-state index contributed by atoms with van der Waals surface area (Å²) < 4.78 is 1.99. The Morgan fingerprint density at radius 2 is 2.20 bits per heavy atom. The van der Waals surface area contributed by atoms with Gasteiger partial charge in [0, 0.05) is 24.2 Å². The molecule has 1 heterocycles. The first-order chi connectivity index (χ1) is 9.58. The first kappa shape index (κ1) is 12.8. The van der Waals surface area contributed by atoms with Gasteiger partial charge in [0.25, 0.3) is 0 Å². The molecule has 1 atom stereocenters. The van der Waals surface area contributed by atoms with E-state index in [0.29, 0.717) is 12.8 Å². The fraction of sp³-hybridized carbons (Fsp3) is 0.312. The molecular weight excluding hydrogens is 254 g/mol. The van der Waals surface area contributed by atoms with Gasteiger partial charge < -0.3 is 14.8 Å². The standard InChI is InChI=1S/C16H17NO3/c1-17-9-12(15-13(17)3-2-4-14(15)18)10-5-7-11(8-6-10)16(19)20/h2-5,9,11,18H,6-8H2,1H3,(H,19,20).